The molecular weight excluding hydrogens is 464 g/mol. The zero-order chi connectivity index (χ0) is 14.8. The molecule has 21 heavy (non-hydrogen) atoms. The Kier molecular flexibility index (Phi) is 4.96. The normalized spacial score (nSPS) is 17.6. The highest BCUT2D eigenvalue weighted by molar-refractivity contribution is 14.1. The molecule has 0 amide bonds. The summed E-state index contributed by atoms with van der Waals surface area (Å²) in [5.41, 5.74) is 2.16. The Morgan fingerprint density at radius 1 is 1.24 bits per heavy atom. The van der Waals surface area contributed by atoms with Crippen molar-refractivity contribution < 1.29 is 4.74 Å². The van der Waals surface area contributed by atoms with Gasteiger partial charge in [-0.25, -0.2) is 0 Å². The molecule has 1 heterocycles. The van der Waals surface area contributed by atoms with E-state index < -0.39 is 0 Å². The second-order valence-electron chi connectivity index (χ2n) is 4.99. The highest BCUT2D eigenvalue weighted by atomic mass is 127. The molecule has 1 aliphatic rings. The summed E-state index contributed by atoms with van der Waals surface area (Å²) in [5, 5.41) is 4.32. The molecule has 0 fully saturated rings. The Hall–Kier alpha value is -0.460. The lowest BCUT2D eigenvalue weighted by Crippen LogP contribution is -2.10. The van der Waals surface area contributed by atoms with Crippen LogP contribution in [0.3, 0.4) is 0 Å². The van der Waals surface area contributed by atoms with Crippen LogP contribution in [-0.4, -0.2) is 6.61 Å². The minimum absolute atomic E-state index is 0.216. The highest BCUT2D eigenvalue weighted by Crippen LogP contribution is 2.37. The molecular formula is C16H14BrClINO. The lowest BCUT2D eigenvalue weighted by molar-refractivity contribution is 0.316. The van der Waals surface area contributed by atoms with Crippen LogP contribution in [0.2, 0.25) is 5.02 Å². The summed E-state index contributed by atoms with van der Waals surface area (Å²) in [6, 6.07) is 12.5. The van der Waals surface area contributed by atoms with E-state index >= 15 is 0 Å². The molecule has 0 bridgehead atoms. The fourth-order valence-electron chi connectivity index (χ4n) is 2.49. The third-order valence-electron chi connectivity index (χ3n) is 3.51. The van der Waals surface area contributed by atoms with Crippen molar-refractivity contribution in [1.29, 1.82) is 0 Å². The van der Waals surface area contributed by atoms with E-state index in [1.807, 2.05) is 18.2 Å². The van der Waals surface area contributed by atoms with Gasteiger partial charge in [0.05, 0.1) is 23.4 Å². The lowest BCUT2D eigenvalue weighted by Gasteiger charge is -2.20. The molecule has 2 nitrogen and oxygen atoms in total. The number of anilines is 1. The van der Waals surface area contributed by atoms with Crippen molar-refractivity contribution in [3.8, 4) is 5.75 Å². The highest BCUT2D eigenvalue weighted by Gasteiger charge is 2.20. The van der Waals surface area contributed by atoms with Crippen molar-refractivity contribution in [2.24, 2.45) is 0 Å². The van der Waals surface area contributed by atoms with Gasteiger partial charge in [0, 0.05) is 13.6 Å². The second-order valence-corrected chi connectivity index (χ2v) is 7.56. The van der Waals surface area contributed by atoms with Crippen molar-refractivity contribution in [3.63, 3.8) is 0 Å². The largest absolute Gasteiger partial charge is 0.493 e. The van der Waals surface area contributed by atoms with Crippen LogP contribution in [0, 0.1) is 3.57 Å². The minimum atomic E-state index is 0.216. The van der Waals surface area contributed by atoms with Gasteiger partial charge in [-0.2, -0.15) is 0 Å². The molecule has 0 radical (unpaired) electrons. The molecule has 2 aromatic carbocycles. The van der Waals surface area contributed by atoms with E-state index in [0.717, 1.165) is 44.0 Å². The monoisotopic (exact) mass is 477 g/mol. The first kappa shape index (κ1) is 15.4. The molecule has 0 spiro atoms. The van der Waals surface area contributed by atoms with E-state index in [4.69, 9.17) is 16.3 Å². The van der Waals surface area contributed by atoms with Gasteiger partial charge in [-0.05, 0) is 65.8 Å². The molecule has 1 N–H and O–H groups in total. The summed E-state index contributed by atoms with van der Waals surface area (Å²) < 4.78 is 8.01. The Morgan fingerprint density at radius 2 is 2.10 bits per heavy atom. The van der Waals surface area contributed by atoms with Crippen LogP contribution in [0.15, 0.2) is 40.9 Å². The first-order valence-electron chi connectivity index (χ1n) is 6.77. The standard InChI is InChI=1S/C16H14BrClINO/c17-10-3-5-12-14(2-1-7-21-16(12)8-10)20-15-6-4-11(19)9-13(15)18/h3-6,8-9,14,20H,1-2,7H2. The Morgan fingerprint density at radius 3 is 2.90 bits per heavy atom. The molecule has 0 saturated carbocycles. The predicted molar refractivity (Wildman–Crippen MR) is 99.4 cm³/mol. The molecule has 110 valence electrons. The lowest BCUT2D eigenvalue weighted by atomic mass is 10.0. The Balaban J connectivity index is 1.92. The van der Waals surface area contributed by atoms with Crippen LogP contribution in [0.25, 0.3) is 0 Å². The van der Waals surface area contributed by atoms with Crippen molar-refractivity contribution in [2.75, 3.05) is 11.9 Å². The zero-order valence-electron chi connectivity index (χ0n) is 11.2. The third-order valence-corrected chi connectivity index (χ3v) is 4.98. The molecule has 2 aromatic rings. The summed E-state index contributed by atoms with van der Waals surface area (Å²) in [5.74, 6) is 0.945. The van der Waals surface area contributed by atoms with E-state index in [1.54, 1.807) is 0 Å². The minimum Gasteiger partial charge on any atom is -0.493 e. The number of halogens is 3. The van der Waals surface area contributed by atoms with Gasteiger partial charge < -0.3 is 10.1 Å². The summed E-state index contributed by atoms with van der Waals surface area (Å²) in [7, 11) is 0. The van der Waals surface area contributed by atoms with Crippen molar-refractivity contribution in [2.45, 2.75) is 18.9 Å². The molecule has 0 aliphatic carbocycles. The quantitative estimate of drug-likeness (QED) is 0.532. The van der Waals surface area contributed by atoms with Gasteiger partial charge in [0.2, 0.25) is 0 Å². The molecule has 0 saturated heterocycles. The molecule has 1 unspecified atom stereocenters. The van der Waals surface area contributed by atoms with Gasteiger partial charge in [0.15, 0.2) is 0 Å². The van der Waals surface area contributed by atoms with E-state index in [2.05, 4.69) is 62.0 Å². The number of ether oxygens (including phenoxy) is 1. The summed E-state index contributed by atoms with van der Waals surface area (Å²) in [6.07, 6.45) is 2.04. The fourth-order valence-corrected chi connectivity index (χ4v) is 3.74. The zero-order valence-corrected chi connectivity index (χ0v) is 15.7. The van der Waals surface area contributed by atoms with Crippen LogP contribution >= 0.6 is 50.1 Å². The van der Waals surface area contributed by atoms with Crippen LogP contribution in [-0.2, 0) is 0 Å². The van der Waals surface area contributed by atoms with Crippen molar-refractivity contribution in [3.05, 3.63) is 55.0 Å². The maximum Gasteiger partial charge on any atom is 0.125 e. The number of nitrogens with one attached hydrogen (secondary N) is 1. The van der Waals surface area contributed by atoms with Crippen LogP contribution in [0.4, 0.5) is 5.69 Å². The first-order chi connectivity index (χ1) is 10.1. The Labute approximate surface area is 151 Å². The molecule has 5 heteroatoms. The van der Waals surface area contributed by atoms with Gasteiger partial charge in [-0.15, -0.1) is 0 Å². The maximum absolute atomic E-state index is 6.34. The smallest absolute Gasteiger partial charge is 0.125 e. The summed E-state index contributed by atoms with van der Waals surface area (Å²) in [4.78, 5) is 0. The number of benzene rings is 2. The molecule has 3 rings (SSSR count). The summed E-state index contributed by atoms with van der Waals surface area (Å²) >= 11 is 12.1. The van der Waals surface area contributed by atoms with Gasteiger partial charge in [0.25, 0.3) is 0 Å². The van der Waals surface area contributed by atoms with Crippen LogP contribution in [0.1, 0.15) is 24.4 Å². The second kappa shape index (κ2) is 6.75. The number of fused-ring (bicyclic) bond motifs is 1. The van der Waals surface area contributed by atoms with Crippen molar-refractivity contribution in [1.82, 2.24) is 0 Å². The Bertz CT molecular complexity index is 665. The van der Waals surface area contributed by atoms with Gasteiger partial charge in [0.1, 0.15) is 5.75 Å². The molecule has 1 aliphatic heterocycles. The third kappa shape index (κ3) is 3.66. The first-order valence-corrected chi connectivity index (χ1v) is 9.02. The average Bonchev–Trinajstić information content (AvgIpc) is 2.64. The van der Waals surface area contributed by atoms with E-state index in [-0.39, 0.29) is 6.04 Å². The van der Waals surface area contributed by atoms with Gasteiger partial charge in [-0.3, -0.25) is 0 Å². The maximum atomic E-state index is 6.34. The van der Waals surface area contributed by atoms with Crippen LogP contribution in [0.5, 0.6) is 5.75 Å². The predicted octanol–water partition coefficient (Wildman–Crippen LogP) is 6.03. The number of rotatable bonds is 2. The van der Waals surface area contributed by atoms with Crippen LogP contribution < -0.4 is 10.1 Å². The number of hydrogen-bond donors (Lipinski definition) is 1. The van der Waals surface area contributed by atoms with Gasteiger partial charge >= 0.3 is 0 Å². The van der Waals surface area contributed by atoms with E-state index in [0.29, 0.717) is 0 Å². The van der Waals surface area contributed by atoms with E-state index in [9.17, 15) is 0 Å². The molecule has 0 aromatic heterocycles. The van der Waals surface area contributed by atoms with Gasteiger partial charge in [-0.1, -0.05) is 33.6 Å². The summed E-state index contributed by atoms with van der Waals surface area (Å²) in [6.45, 7) is 0.752. The fraction of sp³-hybridized carbons (Fsp3) is 0.250. The SMILES string of the molecule is Clc1cc(I)ccc1NC1CCCOc2cc(Br)ccc21. The van der Waals surface area contributed by atoms with Crippen molar-refractivity contribution >= 4 is 55.8 Å². The topological polar surface area (TPSA) is 21.3 Å². The van der Waals surface area contributed by atoms with E-state index in [1.165, 1.54) is 5.56 Å². The number of hydrogen-bond acceptors (Lipinski definition) is 2. The average molecular weight is 479 g/mol. The molecule has 1 atom stereocenters.